The molecule has 0 aliphatic carbocycles. The lowest BCUT2D eigenvalue weighted by Gasteiger charge is -2.13. The number of aryl methyl sites for hydroxylation is 1. The van der Waals surface area contributed by atoms with E-state index in [0.29, 0.717) is 6.54 Å². The standard InChI is InChI=1S/C10H18N2O2S/c1-8-12-9(7-15-8)4-5-11-6-10(13-2)14-3/h7,10-11H,4-6H2,1-3H3. The highest BCUT2D eigenvalue weighted by Gasteiger charge is 2.03. The Hall–Kier alpha value is -0.490. The maximum atomic E-state index is 5.06. The average Bonchev–Trinajstić information content (AvgIpc) is 2.65. The first kappa shape index (κ1) is 12.6. The van der Waals surface area contributed by atoms with E-state index < -0.39 is 0 Å². The van der Waals surface area contributed by atoms with Gasteiger partial charge in [-0.3, -0.25) is 0 Å². The summed E-state index contributed by atoms with van der Waals surface area (Å²) in [5.74, 6) is 0. The molecule has 86 valence electrons. The number of ether oxygens (including phenoxy) is 2. The summed E-state index contributed by atoms with van der Waals surface area (Å²) in [6.45, 7) is 3.62. The van der Waals surface area contributed by atoms with Crippen molar-refractivity contribution in [1.29, 1.82) is 0 Å². The van der Waals surface area contributed by atoms with Crippen molar-refractivity contribution in [3.8, 4) is 0 Å². The zero-order valence-electron chi connectivity index (χ0n) is 9.45. The Morgan fingerprint density at radius 3 is 2.73 bits per heavy atom. The van der Waals surface area contributed by atoms with E-state index >= 15 is 0 Å². The van der Waals surface area contributed by atoms with E-state index in [0.717, 1.165) is 23.7 Å². The summed E-state index contributed by atoms with van der Waals surface area (Å²) in [5, 5.41) is 6.48. The van der Waals surface area contributed by atoms with Crippen molar-refractivity contribution in [1.82, 2.24) is 10.3 Å². The molecule has 1 rings (SSSR count). The second kappa shape index (κ2) is 6.90. The first-order valence-electron chi connectivity index (χ1n) is 4.93. The molecular formula is C10H18N2O2S. The molecule has 0 amide bonds. The van der Waals surface area contributed by atoms with Crippen LogP contribution < -0.4 is 5.32 Å². The largest absolute Gasteiger partial charge is 0.355 e. The second-order valence-corrected chi connectivity index (χ2v) is 4.28. The Morgan fingerprint density at radius 2 is 2.20 bits per heavy atom. The van der Waals surface area contributed by atoms with Crippen LogP contribution in [0.15, 0.2) is 5.38 Å². The number of hydrogen-bond acceptors (Lipinski definition) is 5. The fourth-order valence-electron chi connectivity index (χ4n) is 1.22. The van der Waals surface area contributed by atoms with Crippen molar-refractivity contribution in [3.63, 3.8) is 0 Å². The molecule has 1 N–H and O–H groups in total. The number of methoxy groups -OCH3 is 2. The number of aromatic nitrogens is 1. The van der Waals surface area contributed by atoms with Crippen LogP contribution in [-0.2, 0) is 15.9 Å². The van der Waals surface area contributed by atoms with E-state index in [1.807, 2.05) is 6.92 Å². The van der Waals surface area contributed by atoms with Gasteiger partial charge in [-0.1, -0.05) is 0 Å². The van der Waals surface area contributed by atoms with Gasteiger partial charge in [0.2, 0.25) is 0 Å². The van der Waals surface area contributed by atoms with E-state index in [9.17, 15) is 0 Å². The molecular weight excluding hydrogens is 212 g/mol. The third-order valence-corrected chi connectivity index (χ3v) is 2.88. The molecule has 1 heterocycles. The number of nitrogens with one attached hydrogen (secondary N) is 1. The van der Waals surface area contributed by atoms with Gasteiger partial charge in [0.1, 0.15) is 0 Å². The number of thiazole rings is 1. The lowest BCUT2D eigenvalue weighted by Crippen LogP contribution is -2.31. The molecule has 0 unspecified atom stereocenters. The van der Waals surface area contributed by atoms with Crippen LogP contribution in [0.1, 0.15) is 10.7 Å². The summed E-state index contributed by atoms with van der Waals surface area (Å²) < 4.78 is 10.1. The molecule has 15 heavy (non-hydrogen) atoms. The van der Waals surface area contributed by atoms with Crippen molar-refractivity contribution in [3.05, 3.63) is 16.1 Å². The summed E-state index contributed by atoms with van der Waals surface area (Å²) in [7, 11) is 3.28. The number of hydrogen-bond donors (Lipinski definition) is 1. The van der Waals surface area contributed by atoms with Gasteiger partial charge in [-0.25, -0.2) is 4.98 Å². The zero-order valence-corrected chi connectivity index (χ0v) is 10.3. The van der Waals surface area contributed by atoms with E-state index in [4.69, 9.17) is 9.47 Å². The molecule has 0 atom stereocenters. The lowest BCUT2D eigenvalue weighted by molar-refractivity contribution is -0.0986. The summed E-state index contributed by atoms with van der Waals surface area (Å²) in [4.78, 5) is 4.38. The monoisotopic (exact) mass is 230 g/mol. The summed E-state index contributed by atoms with van der Waals surface area (Å²) in [5.41, 5.74) is 1.15. The van der Waals surface area contributed by atoms with Crippen LogP contribution >= 0.6 is 11.3 Å². The molecule has 5 heteroatoms. The fourth-order valence-corrected chi connectivity index (χ4v) is 1.87. The van der Waals surface area contributed by atoms with Gasteiger partial charge in [0.15, 0.2) is 6.29 Å². The molecule has 1 aromatic heterocycles. The fraction of sp³-hybridized carbons (Fsp3) is 0.700. The molecule has 1 aromatic rings. The highest BCUT2D eigenvalue weighted by Crippen LogP contribution is 2.07. The minimum atomic E-state index is -0.165. The molecule has 0 bridgehead atoms. The van der Waals surface area contributed by atoms with Crippen LogP contribution in [-0.4, -0.2) is 38.6 Å². The first-order chi connectivity index (χ1) is 7.26. The van der Waals surface area contributed by atoms with Gasteiger partial charge in [0.05, 0.1) is 10.7 Å². The maximum Gasteiger partial charge on any atom is 0.169 e. The lowest BCUT2D eigenvalue weighted by atomic mass is 10.3. The highest BCUT2D eigenvalue weighted by atomic mass is 32.1. The van der Waals surface area contributed by atoms with Crippen molar-refractivity contribution < 1.29 is 9.47 Å². The third-order valence-electron chi connectivity index (χ3n) is 2.06. The summed E-state index contributed by atoms with van der Waals surface area (Å²) in [6, 6.07) is 0. The van der Waals surface area contributed by atoms with Gasteiger partial charge in [-0.05, 0) is 6.92 Å². The minimum Gasteiger partial charge on any atom is -0.355 e. The molecule has 4 nitrogen and oxygen atoms in total. The van der Waals surface area contributed by atoms with Gasteiger partial charge in [0, 0.05) is 39.1 Å². The Labute approximate surface area is 94.6 Å². The zero-order chi connectivity index (χ0) is 11.1. The predicted octanol–water partition coefficient (Wildman–Crippen LogP) is 1.20. The Kier molecular flexibility index (Phi) is 5.78. The van der Waals surface area contributed by atoms with Gasteiger partial charge in [0.25, 0.3) is 0 Å². The molecule has 0 aliphatic heterocycles. The van der Waals surface area contributed by atoms with Gasteiger partial charge in [-0.15, -0.1) is 11.3 Å². The van der Waals surface area contributed by atoms with Crippen LogP contribution in [0.4, 0.5) is 0 Å². The quantitative estimate of drug-likeness (QED) is 0.564. The minimum absolute atomic E-state index is 0.165. The van der Waals surface area contributed by atoms with Crippen LogP contribution in [0.25, 0.3) is 0 Å². The number of rotatable bonds is 7. The summed E-state index contributed by atoms with van der Waals surface area (Å²) in [6.07, 6.45) is 0.784. The molecule has 0 saturated heterocycles. The smallest absolute Gasteiger partial charge is 0.169 e. The molecule has 0 aromatic carbocycles. The Morgan fingerprint density at radius 1 is 1.47 bits per heavy atom. The van der Waals surface area contributed by atoms with E-state index in [-0.39, 0.29) is 6.29 Å². The van der Waals surface area contributed by atoms with Gasteiger partial charge >= 0.3 is 0 Å². The molecule has 0 spiro atoms. The highest BCUT2D eigenvalue weighted by molar-refractivity contribution is 7.09. The van der Waals surface area contributed by atoms with E-state index in [1.165, 1.54) is 0 Å². The first-order valence-corrected chi connectivity index (χ1v) is 5.81. The van der Waals surface area contributed by atoms with Crippen molar-refractivity contribution in [2.75, 3.05) is 27.3 Å². The third kappa shape index (κ3) is 4.70. The Bertz CT molecular complexity index is 274. The maximum absolute atomic E-state index is 5.06. The van der Waals surface area contributed by atoms with E-state index in [1.54, 1.807) is 25.6 Å². The van der Waals surface area contributed by atoms with Crippen LogP contribution in [0.5, 0.6) is 0 Å². The number of nitrogens with zero attached hydrogens (tertiary/aromatic N) is 1. The topological polar surface area (TPSA) is 43.4 Å². The SMILES string of the molecule is COC(CNCCc1csc(C)n1)OC. The summed E-state index contributed by atoms with van der Waals surface area (Å²) >= 11 is 1.69. The van der Waals surface area contributed by atoms with Crippen LogP contribution in [0.3, 0.4) is 0 Å². The molecule has 0 radical (unpaired) electrons. The van der Waals surface area contributed by atoms with Crippen molar-refractivity contribution in [2.45, 2.75) is 19.6 Å². The van der Waals surface area contributed by atoms with Crippen LogP contribution in [0.2, 0.25) is 0 Å². The second-order valence-electron chi connectivity index (χ2n) is 3.21. The van der Waals surface area contributed by atoms with E-state index in [2.05, 4.69) is 15.7 Å². The predicted molar refractivity (Wildman–Crippen MR) is 61.2 cm³/mol. The Balaban J connectivity index is 2.11. The average molecular weight is 230 g/mol. The van der Waals surface area contributed by atoms with Gasteiger partial charge in [-0.2, -0.15) is 0 Å². The molecule has 0 fully saturated rings. The normalized spacial score (nSPS) is 11.2. The molecule has 0 saturated carbocycles. The van der Waals surface area contributed by atoms with Crippen LogP contribution in [0, 0.1) is 6.92 Å². The van der Waals surface area contributed by atoms with Gasteiger partial charge < -0.3 is 14.8 Å². The van der Waals surface area contributed by atoms with Crippen molar-refractivity contribution >= 4 is 11.3 Å². The van der Waals surface area contributed by atoms with Crippen molar-refractivity contribution in [2.24, 2.45) is 0 Å². The molecule has 0 aliphatic rings.